The lowest BCUT2D eigenvalue weighted by molar-refractivity contribution is 0.127. The molecule has 0 heterocycles. The minimum Gasteiger partial charge on any atom is -0.377 e. The van der Waals surface area contributed by atoms with Crippen molar-refractivity contribution in [1.29, 1.82) is 0 Å². The van der Waals surface area contributed by atoms with Crippen LogP contribution >= 0.6 is 0 Å². The van der Waals surface area contributed by atoms with Gasteiger partial charge in [0.1, 0.15) is 0 Å². The SMILES string of the molecule is C1=CCCCCCC1.C=CC[Si](OC)(OC)OC.CO[Si](/C=C/CCCCCC/C=C/[Si](OC)(OC)OC)(OC)OC. The van der Waals surface area contributed by atoms with Gasteiger partial charge in [-0.2, -0.15) is 0 Å². The largest absolute Gasteiger partial charge is 0.528 e. The first kappa shape index (κ1) is 43.4. The molecule has 9 nitrogen and oxygen atoms in total. The summed E-state index contributed by atoms with van der Waals surface area (Å²) in [6, 6.07) is 0.649. The normalized spacial score (nSPS) is 14.6. The maximum absolute atomic E-state index is 5.34. The Morgan fingerprint density at radius 3 is 1.14 bits per heavy atom. The predicted octanol–water partition coefficient (Wildman–Crippen LogP) is 7.22. The molecule has 1 aliphatic carbocycles. The molecule has 0 aromatic heterocycles. The van der Waals surface area contributed by atoms with Crippen LogP contribution in [0.4, 0.5) is 0 Å². The summed E-state index contributed by atoms with van der Waals surface area (Å²) in [6.07, 6.45) is 25.6. The van der Waals surface area contributed by atoms with Crippen LogP contribution in [0.1, 0.15) is 77.0 Å². The molecule has 1 aliphatic rings. The lowest BCUT2D eigenvalue weighted by Gasteiger charge is -2.22. The Kier molecular flexibility index (Phi) is 29.9. The van der Waals surface area contributed by atoms with Gasteiger partial charge in [-0.15, -0.1) is 6.58 Å². The Morgan fingerprint density at radius 1 is 0.524 bits per heavy atom. The molecule has 12 heteroatoms. The van der Waals surface area contributed by atoms with Crippen LogP contribution in [-0.2, 0) is 39.8 Å². The van der Waals surface area contributed by atoms with E-state index in [-0.39, 0.29) is 0 Å². The van der Waals surface area contributed by atoms with Crippen molar-refractivity contribution in [3.8, 4) is 0 Å². The number of unbranched alkanes of at least 4 members (excludes halogenated alkanes) is 5. The highest BCUT2D eigenvalue weighted by atomic mass is 28.4. The first-order valence-corrected chi connectivity index (χ1v) is 20.4. The van der Waals surface area contributed by atoms with E-state index in [0.29, 0.717) is 6.04 Å². The Morgan fingerprint density at radius 2 is 0.881 bits per heavy atom. The van der Waals surface area contributed by atoms with Gasteiger partial charge in [-0.05, 0) is 62.8 Å². The molecule has 0 atom stereocenters. The van der Waals surface area contributed by atoms with E-state index in [2.05, 4.69) is 30.9 Å². The molecule has 248 valence electrons. The zero-order chi connectivity index (χ0) is 32.0. The van der Waals surface area contributed by atoms with E-state index in [1.54, 1.807) is 70.1 Å². The molecule has 0 unspecified atom stereocenters. The number of hydrogen-bond donors (Lipinski definition) is 0. The zero-order valence-electron chi connectivity index (χ0n) is 28.1. The third-order valence-corrected chi connectivity index (χ3v) is 14.2. The summed E-state index contributed by atoms with van der Waals surface area (Å²) < 4.78 is 47.3. The van der Waals surface area contributed by atoms with Crippen LogP contribution in [0.2, 0.25) is 6.04 Å². The Balaban J connectivity index is 0. The van der Waals surface area contributed by atoms with E-state index in [0.717, 1.165) is 25.7 Å². The molecule has 0 N–H and O–H groups in total. The molecular formula is C30H62O9Si3. The number of hydrogen-bond acceptors (Lipinski definition) is 9. The smallest absolute Gasteiger partial charge is 0.377 e. The van der Waals surface area contributed by atoms with Crippen LogP contribution in [0.15, 0.2) is 48.4 Å². The fraction of sp³-hybridized carbons (Fsp3) is 0.733. The fourth-order valence-corrected chi connectivity index (χ4v) is 8.11. The monoisotopic (exact) mass is 650 g/mol. The van der Waals surface area contributed by atoms with Gasteiger partial charge in [-0.1, -0.05) is 56.1 Å². The van der Waals surface area contributed by atoms with Crippen molar-refractivity contribution < 1.29 is 39.8 Å². The van der Waals surface area contributed by atoms with E-state index in [4.69, 9.17) is 39.8 Å². The van der Waals surface area contributed by atoms with Crippen LogP contribution in [0.3, 0.4) is 0 Å². The molecule has 0 aliphatic heterocycles. The average Bonchev–Trinajstić information content (AvgIpc) is 3.02. The lowest BCUT2D eigenvalue weighted by Crippen LogP contribution is -2.41. The predicted molar refractivity (Wildman–Crippen MR) is 178 cm³/mol. The van der Waals surface area contributed by atoms with Crippen molar-refractivity contribution in [1.82, 2.24) is 0 Å². The molecule has 0 radical (unpaired) electrons. The first-order valence-electron chi connectivity index (χ1n) is 14.9. The molecule has 0 aromatic carbocycles. The van der Waals surface area contributed by atoms with Gasteiger partial charge in [-0.3, -0.25) is 0 Å². The standard InChI is InChI=1S/C16H34O6Si2.C8H14.C6H14O3Si/c1-17-23(18-2,19-3)15-13-11-9-7-8-10-12-14-16-24(20-4,21-5)22-6;1-2-4-6-8-7-5-3-1;1-5-6-10(7-2,8-3)9-4/h13-16H,7-12H2,1-6H3;1-2H,3-8H2;5H,1,6H2,2-4H3/b15-13+,16-14+;;. The number of allylic oxidation sites excluding steroid dienone is 5. The maximum Gasteiger partial charge on any atom is 0.528 e. The number of rotatable bonds is 20. The molecule has 0 spiro atoms. The molecule has 0 fully saturated rings. The fourth-order valence-electron chi connectivity index (χ4n) is 4.03. The van der Waals surface area contributed by atoms with Crippen LogP contribution in [-0.4, -0.2) is 90.4 Å². The summed E-state index contributed by atoms with van der Waals surface area (Å²) in [4.78, 5) is 0. The highest BCUT2D eigenvalue weighted by Crippen LogP contribution is 2.14. The van der Waals surface area contributed by atoms with E-state index in [1.165, 1.54) is 51.4 Å². The van der Waals surface area contributed by atoms with Gasteiger partial charge in [0.25, 0.3) is 0 Å². The van der Waals surface area contributed by atoms with Crippen molar-refractivity contribution in [3.63, 3.8) is 0 Å². The quantitative estimate of drug-likeness (QED) is 0.0770. The molecule has 0 aromatic rings. The van der Waals surface area contributed by atoms with Crippen molar-refractivity contribution in [2.45, 2.75) is 83.1 Å². The van der Waals surface area contributed by atoms with Gasteiger partial charge in [-0.25, -0.2) is 0 Å². The highest BCUT2D eigenvalue weighted by Gasteiger charge is 2.36. The second kappa shape index (κ2) is 29.0. The van der Waals surface area contributed by atoms with E-state index in [1.807, 2.05) is 11.4 Å². The van der Waals surface area contributed by atoms with Crippen molar-refractivity contribution in [2.75, 3.05) is 64.0 Å². The van der Waals surface area contributed by atoms with Crippen LogP contribution < -0.4 is 0 Å². The zero-order valence-corrected chi connectivity index (χ0v) is 31.1. The van der Waals surface area contributed by atoms with Gasteiger partial charge in [0.05, 0.1) is 0 Å². The topological polar surface area (TPSA) is 83.1 Å². The van der Waals surface area contributed by atoms with Crippen LogP contribution in [0, 0.1) is 0 Å². The van der Waals surface area contributed by atoms with E-state index in [9.17, 15) is 0 Å². The minimum atomic E-state index is -2.55. The third-order valence-electron chi connectivity index (χ3n) is 6.83. The Labute approximate surface area is 261 Å². The molecule has 42 heavy (non-hydrogen) atoms. The van der Waals surface area contributed by atoms with Crippen molar-refractivity contribution >= 4 is 26.4 Å². The van der Waals surface area contributed by atoms with Gasteiger partial charge < -0.3 is 39.8 Å². The summed E-state index contributed by atoms with van der Waals surface area (Å²) in [5.41, 5.74) is 3.89. The van der Waals surface area contributed by atoms with Crippen molar-refractivity contribution in [3.05, 3.63) is 48.4 Å². The van der Waals surface area contributed by atoms with Crippen LogP contribution in [0.25, 0.3) is 0 Å². The molecule has 0 bridgehead atoms. The van der Waals surface area contributed by atoms with Crippen LogP contribution in [0.5, 0.6) is 0 Å². The second-order valence-electron chi connectivity index (χ2n) is 9.48. The summed E-state index contributed by atoms with van der Waals surface area (Å²) in [6.45, 7) is 3.58. The Bertz CT molecular complexity index is 625. The second-order valence-corrected chi connectivity index (χ2v) is 18.0. The van der Waals surface area contributed by atoms with Gasteiger partial charge in [0.15, 0.2) is 0 Å². The minimum absolute atomic E-state index is 0.649. The molecule has 1 rings (SSSR count). The van der Waals surface area contributed by atoms with Gasteiger partial charge in [0, 0.05) is 70.0 Å². The summed E-state index contributed by atoms with van der Waals surface area (Å²) in [5, 5.41) is 0. The molecule has 0 amide bonds. The summed E-state index contributed by atoms with van der Waals surface area (Å²) in [5.74, 6) is 0. The van der Waals surface area contributed by atoms with Gasteiger partial charge in [0.2, 0.25) is 0 Å². The molecule has 0 saturated heterocycles. The highest BCUT2D eigenvalue weighted by molar-refractivity contribution is 6.66. The Hall–Kier alpha value is -0.749. The third kappa shape index (κ3) is 20.3. The maximum atomic E-state index is 5.34. The molecular weight excluding hydrogens is 589 g/mol. The summed E-state index contributed by atoms with van der Waals surface area (Å²) in [7, 11) is 7.01. The van der Waals surface area contributed by atoms with Gasteiger partial charge >= 0.3 is 26.4 Å². The van der Waals surface area contributed by atoms with Crippen molar-refractivity contribution in [2.24, 2.45) is 0 Å². The first-order chi connectivity index (χ1) is 20.3. The lowest BCUT2D eigenvalue weighted by atomic mass is 10.1. The molecule has 0 saturated carbocycles. The average molecular weight is 651 g/mol. The van der Waals surface area contributed by atoms with E-state index < -0.39 is 26.4 Å². The summed E-state index contributed by atoms with van der Waals surface area (Å²) >= 11 is 0. The van der Waals surface area contributed by atoms with E-state index >= 15 is 0 Å².